The monoisotopic (exact) mass is 520 g/mol. The molecule has 204 valence electrons. The fraction of sp³-hybridized carbons (Fsp3) is 0.478. The third kappa shape index (κ3) is 11.7. The fourth-order valence-corrected chi connectivity index (χ4v) is 3.45. The standard InChI is InChI=1S/C23H36N8O6/c1-37-22(36)31-23(9-8-18(33)34,13-15-6-5-7-16(12-15)19(24)25)20(35)30-14-17(32)28-10-3-2-4-11-29-21(26)27/h5-7,12H,2-4,8-11,13-14H2,1H3,(H3,24,25)(H,28,32)(H,30,35)(H,31,36)(H,33,34)(H4,26,27,29). The molecular weight excluding hydrogens is 484 g/mol. The number of nitrogen functional groups attached to an aromatic ring is 1. The van der Waals surface area contributed by atoms with E-state index < -0.39 is 42.4 Å². The molecular formula is C23H36N8O6. The molecule has 0 aromatic heterocycles. The molecule has 1 atom stereocenters. The van der Waals surface area contributed by atoms with Crippen molar-refractivity contribution >= 4 is 35.7 Å². The molecule has 3 amide bonds. The second-order valence-corrected chi connectivity index (χ2v) is 8.28. The molecule has 1 rings (SSSR count). The maximum absolute atomic E-state index is 13.3. The minimum atomic E-state index is -1.76. The number of carboxylic acid groups (broad SMARTS) is 1. The summed E-state index contributed by atoms with van der Waals surface area (Å²) in [6.45, 7) is 0.476. The van der Waals surface area contributed by atoms with Gasteiger partial charge in [-0.15, -0.1) is 0 Å². The van der Waals surface area contributed by atoms with E-state index in [0.29, 0.717) is 30.6 Å². The number of hydrogen-bond acceptors (Lipinski definition) is 7. The Balaban J connectivity index is 2.92. The molecule has 0 bridgehead atoms. The second kappa shape index (κ2) is 15.6. The lowest BCUT2D eigenvalue weighted by atomic mass is 9.84. The molecule has 11 N–H and O–H groups in total. The number of nitrogens with zero attached hydrogens (tertiary/aromatic N) is 1. The number of carbonyl (C=O) groups excluding carboxylic acids is 3. The van der Waals surface area contributed by atoms with Crippen molar-refractivity contribution in [3.05, 3.63) is 35.4 Å². The molecule has 0 spiro atoms. The first-order valence-electron chi connectivity index (χ1n) is 11.6. The third-order valence-electron chi connectivity index (χ3n) is 5.33. The number of aliphatic carboxylic acids is 1. The highest BCUT2D eigenvalue weighted by Gasteiger charge is 2.41. The highest BCUT2D eigenvalue weighted by molar-refractivity contribution is 5.95. The molecule has 0 aliphatic rings. The molecule has 14 nitrogen and oxygen atoms in total. The van der Waals surface area contributed by atoms with Crippen LogP contribution in [0.25, 0.3) is 0 Å². The molecule has 1 aromatic carbocycles. The average molecular weight is 521 g/mol. The molecule has 14 heteroatoms. The molecule has 0 aliphatic heterocycles. The van der Waals surface area contributed by atoms with Crippen molar-refractivity contribution in [2.75, 3.05) is 26.7 Å². The smallest absolute Gasteiger partial charge is 0.407 e. The maximum atomic E-state index is 13.3. The zero-order valence-electron chi connectivity index (χ0n) is 20.8. The molecule has 0 saturated carbocycles. The highest BCUT2D eigenvalue weighted by atomic mass is 16.5. The number of nitrogens with one attached hydrogen (secondary N) is 4. The first kappa shape index (κ1) is 30.7. The van der Waals surface area contributed by atoms with E-state index in [1.807, 2.05) is 0 Å². The zero-order chi connectivity index (χ0) is 27.8. The van der Waals surface area contributed by atoms with Crippen LogP contribution in [0.5, 0.6) is 0 Å². The van der Waals surface area contributed by atoms with Gasteiger partial charge in [0.05, 0.1) is 13.7 Å². The van der Waals surface area contributed by atoms with Gasteiger partial charge in [-0.3, -0.25) is 24.8 Å². The minimum absolute atomic E-state index is 0.0247. The predicted molar refractivity (Wildman–Crippen MR) is 137 cm³/mol. The number of guanidine groups is 1. The summed E-state index contributed by atoms with van der Waals surface area (Å²) in [6.07, 6.45) is 0.387. The SMILES string of the molecule is COC(=O)NC(CCC(=O)O)(Cc1cccc(C(=N)N)c1)C(=O)NCC(=O)NCCCCCN=C(N)N. The number of amides is 3. The van der Waals surface area contributed by atoms with Crippen LogP contribution in [0.15, 0.2) is 29.3 Å². The fourth-order valence-electron chi connectivity index (χ4n) is 3.45. The molecule has 0 fully saturated rings. The number of ether oxygens (including phenoxy) is 1. The van der Waals surface area contributed by atoms with Crippen LogP contribution in [0, 0.1) is 5.41 Å². The van der Waals surface area contributed by atoms with Gasteiger partial charge in [0.1, 0.15) is 11.4 Å². The first-order chi connectivity index (χ1) is 17.5. The van der Waals surface area contributed by atoms with E-state index >= 15 is 0 Å². The van der Waals surface area contributed by atoms with Crippen LogP contribution in [0.3, 0.4) is 0 Å². The van der Waals surface area contributed by atoms with Crippen LogP contribution in [0.1, 0.15) is 43.2 Å². The van der Waals surface area contributed by atoms with E-state index in [0.717, 1.165) is 20.0 Å². The van der Waals surface area contributed by atoms with Crippen molar-refractivity contribution in [3.8, 4) is 0 Å². The van der Waals surface area contributed by atoms with E-state index in [9.17, 15) is 24.3 Å². The quantitative estimate of drug-likeness (QED) is 0.0766. The summed E-state index contributed by atoms with van der Waals surface area (Å²) in [6, 6.07) is 6.43. The summed E-state index contributed by atoms with van der Waals surface area (Å²) < 4.78 is 4.66. The topological polar surface area (TPSA) is 248 Å². The highest BCUT2D eigenvalue weighted by Crippen LogP contribution is 2.22. The number of rotatable bonds is 16. The van der Waals surface area contributed by atoms with Gasteiger partial charge in [-0.1, -0.05) is 18.2 Å². The zero-order valence-corrected chi connectivity index (χ0v) is 20.8. The first-order valence-corrected chi connectivity index (χ1v) is 11.6. The Bertz CT molecular complexity index is 995. The second-order valence-electron chi connectivity index (χ2n) is 8.28. The van der Waals surface area contributed by atoms with Gasteiger partial charge in [0.25, 0.3) is 0 Å². The van der Waals surface area contributed by atoms with Gasteiger partial charge in [-0.05, 0) is 37.3 Å². The number of methoxy groups -OCH3 is 1. The minimum Gasteiger partial charge on any atom is -0.481 e. The lowest BCUT2D eigenvalue weighted by molar-refractivity contribution is -0.138. The van der Waals surface area contributed by atoms with Crippen molar-refractivity contribution in [2.45, 2.75) is 44.1 Å². The number of nitrogens with two attached hydrogens (primary N) is 3. The van der Waals surface area contributed by atoms with Crippen LogP contribution < -0.4 is 33.2 Å². The Morgan fingerprint density at radius 1 is 1.11 bits per heavy atom. The summed E-state index contributed by atoms with van der Waals surface area (Å²) >= 11 is 0. The molecule has 0 heterocycles. The van der Waals surface area contributed by atoms with Crippen molar-refractivity contribution in [1.29, 1.82) is 5.41 Å². The predicted octanol–water partition coefficient (Wildman–Crippen LogP) is -0.851. The number of benzene rings is 1. The Hall–Kier alpha value is -4.36. The lowest BCUT2D eigenvalue weighted by Crippen LogP contribution is -2.61. The van der Waals surface area contributed by atoms with Gasteiger partial charge in [-0.25, -0.2) is 4.79 Å². The van der Waals surface area contributed by atoms with Crippen molar-refractivity contribution in [3.63, 3.8) is 0 Å². The van der Waals surface area contributed by atoms with Gasteiger partial charge < -0.3 is 43.0 Å². The van der Waals surface area contributed by atoms with Crippen molar-refractivity contribution in [2.24, 2.45) is 22.2 Å². The van der Waals surface area contributed by atoms with Gasteiger partial charge in [0.15, 0.2) is 5.96 Å². The van der Waals surface area contributed by atoms with Gasteiger partial charge in [0.2, 0.25) is 11.8 Å². The Kier molecular flexibility index (Phi) is 12.9. The van der Waals surface area contributed by atoms with Crippen LogP contribution in [0.2, 0.25) is 0 Å². The third-order valence-corrected chi connectivity index (χ3v) is 5.33. The largest absolute Gasteiger partial charge is 0.481 e. The normalized spacial score (nSPS) is 11.9. The van der Waals surface area contributed by atoms with E-state index in [2.05, 4.69) is 25.7 Å². The van der Waals surface area contributed by atoms with E-state index in [1.54, 1.807) is 24.3 Å². The Morgan fingerprint density at radius 2 is 1.84 bits per heavy atom. The van der Waals surface area contributed by atoms with Crippen LogP contribution in [-0.2, 0) is 25.5 Å². The molecule has 1 unspecified atom stereocenters. The summed E-state index contributed by atoms with van der Waals surface area (Å²) in [5.74, 6) is -2.58. The number of amidine groups is 1. The molecule has 0 aliphatic carbocycles. The summed E-state index contributed by atoms with van der Waals surface area (Å²) in [5.41, 5.74) is 15.2. The summed E-state index contributed by atoms with van der Waals surface area (Å²) in [4.78, 5) is 52.9. The number of carboxylic acids is 1. The Morgan fingerprint density at radius 3 is 2.46 bits per heavy atom. The van der Waals surface area contributed by atoms with Crippen LogP contribution >= 0.6 is 0 Å². The van der Waals surface area contributed by atoms with E-state index in [1.165, 1.54) is 0 Å². The Labute approximate surface area is 214 Å². The van der Waals surface area contributed by atoms with Gasteiger partial charge in [-0.2, -0.15) is 0 Å². The number of carbonyl (C=O) groups is 4. The van der Waals surface area contributed by atoms with Crippen LogP contribution in [0.4, 0.5) is 4.79 Å². The van der Waals surface area contributed by atoms with Crippen molar-refractivity contribution < 1.29 is 29.0 Å². The maximum Gasteiger partial charge on any atom is 0.407 e. The summed E-state index contributed by atoms with van der Waals surface area (Å²) in [7, 11) is 1.11. The van der Waals surface area contributed by atoms with E-state index in [-0.39, 0.29) is 24.6 Å². The number of alkyl carbamates (subject to hydrolysis) is 1. The van der Waals surface area contributed by atoms with Crippen LogP contribution in [-0.4, -0.2) is 73.1 Å². The number of unbranched alkanes of at least 4 members (excludes halogenated alkanes) is 2. The summed E-state index contributed by atoms with van der Waals surface area (Å²) in [5, 5.41) is 24.5. The molecule has 1 aromatic rings. The lowest BCUT2D eigenvalue weighted by Gasteiger charge is -2.33. The van der Waals surface area contributed by atoms with Gasteiger partial charge >= 0.3 is 12.1 Å². The van der Waals surface area contributed by atoms with Crippen molar-refractivity contribution in [1.82, 2.24) is 16.0 Å². The number of aliphatic imine (C=N–C) groups is 1. The average Bonchev–Trinajstić information content (AvgIpc) is 2.84. The van der Waals surface area contributed by atoms with E-state index in [4.69, 9.17) is 22.6 Å². The number of hydrogen-bond donors (Lipinski definition) is 8. The molecule has 0 radical (unpaired) electrons. The van der Waals surface area contributed by atoms with Gasteiger partial charge in [0, 0.05) is 31.5 Å². The molecule has 0 saturated heterocycles. The molecule has 37 heavy (non-hydrogen) atoms.